The summed E-state index contributed by atoms with van der Waals surface area (Å²) >= 11 is 1.33. The van der Waals surface area contributed by atoms with E-state index < -0.39 is 6.10 Å². The highest BCUT2D eigenvalue weighted by Gasteiger charge is 2.27. The van der Waals surface area contributed by atoms with Gasteiger partial charge in [0, 0.05) is 36.9 Å². The van der Waals surface area contributed by atoms with Gasteiger partial charge in [0.15, 0.2) is 0 Å². The first-order chi connectivity index (χ1) is 18.5. The van der Waals surface area contributed by atoms with Crippen molar-refractivity contribution in [3.63, 3.8) is 0 Å². The van der Waals surface area contributed by atoms with Crippen molar-refractivity contribution in [3.8, 4) is 11.5 Å². The highest BCUT2D eigenvalue weighted by Crippen LogP contribution is 2.35. The molecule has 0 spiro atoms. The van der Waals surface area contributed by atoms with Crippen LogP contribution in [-0.2, 0) is 11.2 Å². The summed E-state index contributed by atoms with van der Waals surface area (Å²) in [5.74, 6) is 1.48. The molecule has 1 saturated heterocycles. The zero-order chi connectivity index (χ0) is 26.1. The summed E-state index contributed by atoms with van der Waals surface area (Å²) in [6.45, 7) is 0.904. The van der Waals surface area contributed by atoms with Crippen LogP contribution in [0.5, 0.6) is 11.5 Å². The Morgan fingerprint density at radius 2 is 1.87 bits per heavy atom. The van der Waals surface area contributed by atoms with Gasteiger partial charge in [-0.25, -0.2) is 4.98 Å². The number of thiophene rings is 1. The molecule has 8 nitrogen and oxygen atoms in total. The number of benzene rings is 2. The summed E-state index contributed by atoms with van der Waals surface area (Å²) in [7, 11) is 0. The molecule has 2 amide bonds. The minimum Gasteiger partial charge on any atom is -0.456 e. The van der Waals surface area contributed by atoms with Gasteiger partial charge >= 0.3 is 0 Å². The van der Waals surface area contributed by atoms with E-state index in [4.69, 9.17) is 4.74 Å². The molecule has 0 bridgehead atoms. The second kappa shape index (κ2) is 10.2. The van der Waals surface area contributed by atoms with Crippen molar-refractivity contribution in [2.75, 3.05) is 18.4 Å². The van der Waals surface area contributed by atoms with E-state index in [-0.39, 0.29) is 18.2 Å². The lowest BCUT2D eigenvalue weighted by atomic mass is 10.1. The summed E-state index contributed by atoms with van der Waals surface area (Å²) in [5, 5.41) is 14.7. The predicted molar refractivity (Wildman–Crippen MR) is 147 cm³/mol. The predicted octanol–water partition coefficient (Wildman–Crippen LogP) is 5.02. The maximum Gasteiger partial charge on any atom is 0.264 e. The van der Waals surface area contributed by atoms with Crippen LogP contribution < -0.4 is 10.1 Å². The zero-order valence-electron chi connectivity index (χ0n) is 20.3. The Kier molecular flexibility index (Phi) is 6.45. The van der Waals surface area contributed by atoms with E-state index in [2.05, 4.69) is 15.3 Å². The van der Waals surface area contributed by atoms with Gasteiger partial charge in [0.05, 0.1) is 27.6 Å². The number of nitrogens with one attached hydrogen (secondary N) is 1. The lowest BCUT2D eigenvalue weighted by Crippen LogP contribution is -2.28. The van der Waals surface area contributed by atoms with E-state index in [0.717, 1.165) is 21.0 Å². The number of aliphatic hydroxyl groups is 1. The van der Waals surface area contributed by atoms with Crippen LogP contribution in [0.4, 0.5) is 5.82 Å². The number of fused-ring (bicyclic) bond motifs is 2. The molecule has 9 heteroatoms. The molecule has 6 rings (SSSR count). The fraction of sp³-hybridized carbons (Fsp3) is 0.172. The summed E-state index contributed by atoms with van der Waals surface area (Å²) in [6.07, 6.45) is 3.74. The number of carbonyl (C=O) groups is 2. The van der Waals surface area contributed by atoms with Gasteiger partial charge in [-0.3, -0.25) is 14.6 Å². The highest BCUT2D eigenvalue weighted by molar-refractivity contribution is 7.21. The summed E-state index contributed by atoms with van der Waals surface area (Å²) in [4.78, 5) is 36.4. The van der Waals surface area contributed by atoms with Crippen molar-refractivity contribution in [1.82, 2.24) is 14.9 Å². The van der Waals surface area contributed by atoms with Crippen molar-refractivity contribution in [2.45, 2.75) is 18.9 Å². The highest BCUT2D eigenvalue weighted by atomic mass is 32.1. The van der Waals surface area contributed by atoms with Gasteiger partial charge in [0.2, 0.25) is 5.91 Å². The number of β-amino-alcohol motifs (C(OH)–C–C–N with tert-alkyl or cyclic N) is 1. The minimum absolute atomic E-state index is 0.1000. The number of carbonyl (C=O) groups excluding carboxylic acids is 2. The van der Waals surface area contributed by atoms with Gasteiger partial charge in [-0.15, -0.1) is 11.3 Å². The zero-order valence-corrected chi connectivity index (χ0v) is 21.1. The molecule has 0 aliphatic carbocycles. The molecule has 1 aliphatic heterocycles. The molecule has 3 aromatic heterocycles. The molecule has 1 atom stereocenters. The van der Waals surface area contributed by atoms with E-state index in [9.17, 15) is 14.7 Å². The van der Waals surface area contributed by atoms with Gasteiger partial charge in [-0.1, -0.05) is 36.4 Å². The van der Waals surface area contributed by atoms with Crippen LogP contribution in [0.3, 0.4) is 0 Å². The van der Waals surface area contributed by atoms with Crippen molar-refractivity contribution < 1.29 is 19.4 Å². The number of amides is 2. The lowest BCUT2D eigenvalue weighted by Gasteiger charge is -2.13. The molecule has 2 N–H and O–H groups in total. The normalized spacial score (nSPS) is 15.2. The smallest absolute Gasteiger partial charge is 0.264 e. The number of rotatable bonds is 6. The number of aliphatic hydroxyl groups excluding tert-OH is 1. The summed E-state index contributed by atoms with van der Waals surface area (Å²) < 4.78 is 6.90. The summed E-state index contributed by atoms with van der Waals surface area (Å²) in [6, 6.07) is 20.6. The molecule has 0 saturated carbocycles. The number of pyridine rings is 2. The number of ether oxygens (including phenoxy) is 1. The van der Waals surface area contributed by atoms with E-state index >= 15 is 0 Å². The summed E-state index contributed by atoms with van der Waals surface area (Å²) in [5.41, 5.74) is 1.53. The van der Waals surface area contributed by atoms with Gasteiger partial charge in [-0.2, -0.15) is 0 Å². The molecular formula is C29H24N4O4S. The Balaban J connectivity index is 1.12. The fourth-order valence-electron chi connectivity index (χ4n) is 4.51. The van der Waals surface area contributed by atoms with Crippen molar-refractivity contribution in [3.05, 3.63) is 89.6 Å². The number of hydrogen-bond acceptors (Lipinski definition) is 7. The second-order valence-electron chi connectivity index (χ2n) is 9.22. The average Bonchev–Trinajstić information content (AvgIpc) is 3.56. The first-order valence-corrected chi connectivity index (χ1v) is 13.1. The van der Waals surface area contributed by atoms with Crippen molar-refractivity contribution in [2.24, 2.45) is 0 Å². The molecule has 4 heterocycles. The van der Waals surface area contributed by atoms with Gasteiger partial charge < -0.3 is 20.1 Å². The molecule has 0 radical (unpaired) electrons. The second-order valence-corrected chi connectivity index (χ2v) is 10.3. The van der Waals surface area contributed by atoms with Gasteiger partial charge in [-0.05, 0) is 41.6 Å². The Hall–Kier alpha value is -4.34. The topological polar surface area (TPSA) is 105 Å². The monoisotopic (exact) mass is 524 g/mol. The molecule has 2 aromatic carbocycles. The Morgan fingerprint density at radius 3 is 2.66 bits per heavy atom. The van der Waals surface area contributed by atoms with Crippen molar-refractivity contribution >= 4 is 50.0 Å². The van der Waals surface area contributed by atoms with Gasteiger partial charge in [0.1, 0.15) is 17.3 Å². The maximum atomic E-state index is 12.9. The third-order valence-electron chi connectivity index (χ3n) is 6.45. The molecule has 38 heavy (non-hydrogen) atoms. The molecule has 1 unspecified atom stereocenters. The van der Waals surface area contributed by atoms with Gasteiger partial charge in [0.25, 0.3) is 5.91 Å². The van der Waals surface area contributed by atoms with Crippen LogP contribution in [0.25, 0.3) is 21.0 Å². The standard InChI is InChI=1S/C29H24N4O4S/c34-21-10-12-33(17-21)29(36)25-15-23-28(38-25)24(9-11-30-23)37-22-7-5-18(6-8-22)13-27(35)32-26-14-19-3-1-2-4-20(19)16-31-26/h1-9,11,14-16,21,34H,10,12-13,17H2,(H,31,32,35). The molecule has 190 valence electrons. The Morgan fingerprint density at radius 1 is 1.05 bits per heavy atom. The first kappa shape index (κ1) is 24.0. The quantitative estimate of drug-likeness (QED) is 0.323. The molecule has 1 fully saturated rings. The van der Waals surface area contributed by atoms with E-state index in [1.165, 1.54) is 11.3 Å². The van der Waals surface area contributed by atoms with Crippen LogP contribution in [0.1, 0.15) is 21.7 Å². The molecule has 1 aliphatic rings. The largest absolute Gasteiger partial charge is 0.456 e. The molecular weight excluding hydrogens is 500 g/mol. The number of anilines is 1. The van der Waals surface area contributed by atoms with Crippen molar-refractivity contribution in [1.29, 1.82) is 0 Å². The fourth-order valence-corrected chi connectivity index (χ4v) is 5.54. The molecule has 5 aromatic rings. The third kappa shape index (κ3) is 5.06. The lowest BCUT2D eigenvalue weighted by molar-refractivity contribution is -0.115. The Bertz CT molecular complexity index is 1650. The van der Waals surface area contributed by atoms with Crippen LogP contribution in [-0.4, -0.2) is 51.0 Å². The van der Waals surface area contributed by atoms with E-state index in [0.29, 0.717) is 47.2 Å². The SMILES string of the molecule is O=C(Cc1ccc(Oc2ccnc3cc(C(=O)N4CCC(O)C4)sc23)cc1)Nc1cc2ccccc2cn1. The first-order valence-electron chi connectivity index (χ1n) is 12.3. The maximum absolute atomic E-state index is 12.9. The Labute approximate surface area is 222 Å². The number of aromatic nitrogens is 2. The van der Waals surface area contributed by atoms with Crippen LogP contribution in [0.15, 0.2) is 79.1 Å². The van der Waals surface area contributed by atoms with E-state index in [1.807, 2.05) is 54.6 Å². The third-order valence-corrected chi connectivity index (χ3v) is 7.58. The average molecular weight is 525 g/mol. The van der Waals surface area contributed by atoms with Crippen LogP contribution in [0, 0.1) is 0 Å². The number of likely N-dealkylation sites (tertiary alicyclic amines) is 1. The number of hydrogen-bond donors (Lipinski definition) is 2. The van der Waals surface area contributed by atoms with E-state index in [1.54, 1.807) is 29.4 Å². The number of nitrogens with zero attached hydrogens (tertiary/aromatic N) is 3. The van der Waals surface area contributed by atoms with Crippen LogP contribution in [0.2, 0.25) is 0 Å². The van der Waals surface area contributed by atoms with Crippen LogP contribution >= 0.6 is 11.3 Å². The minimum atomic E-state index is -0.463.